The van der Waals surface area contributed by atoms with E-state index >= 15 is 0 Å². The van der Waals surface area contributed by atoms with Gasteiger partial charge in [-0.05, 0) is 23.8 Å². The van der Waals surface area contributed by atoms with Crippen LogP contribution in [0, 0.1) is 5.41 Å². The van der Waals surface area contributed by atoms with Crippen LogP contribution in [0.25, 0.3) is 11.0 Å². The number of imidazole rings is 1. The summed E-state index contributed by atoms with van der Waals surface area (Å²) in [4.78, 5) is 28.2. The van der Waals surface area contributed by atoms with Crippen LogP contribution in [0.4, 0.5) is 20.4 Å². The van der Waals surface area contributed by atoms with Gasteiger partial charge in [-0.3, -0.25) is 4.79 Å². The second-order valence-electron chi connectivity index (χ2n) is 8.71. The second-order valence-corrected chi connectivity index (χ2v) is 9.12. The molecule has 11 heteroatoms. The summed E-state index contributed by atoms with van der Waals surface area (Å²) in [6.07, 6.45) is -2.75. The lowest BCUT2D eigenvalue weighted by molar-refractivity contribution is -0.128. The van der Waals surface area contributed by atoms with Crippen LogP contribution in [0.15, 0.2) is 30.3 Å². The van der Waals surface area contributed by atoms with Gasteiger partial charge in [-0.1, -0.05) is 38.4 Å². The van der Waals surface area contributed by atoms with Crippen LogP contribution in [0.5, 0.6) is 5.75 Å². The topological polar surface area (TPSA) is 105 Å². The molecule has 1 aromatic heterocycles. The number of carboxylic acids is 1. The van der Waals surface area contributed by atoms with E-state index in [4.69, 9.17) is 16.3 Å². The molecular weight excluding hydrogens is 470 g/mol. The van der Waals surface area contributed by atoms with E-state index < -0.39 is 24.4 Å². The number of alkyl halides is 2. The van der Waals surface area contributed by atoms with Gasteiger partial charge < -0.3 is 25.0 Å². The summed E-state index contributed by atoms with van der Waals surface area (Å²) < 4.78 is 31.8. The average molecular weight is 495 g/mol. The number of ether oxygens (including phenoxy) is 1. The highest BCUT2D eigenvalue weighted by Gasteiger charge is 2.21. The number of hydrogen-bond acceptors (Lipinski definition) is 5. The first-order valence-electron chi connectivity index (χ1n) is 10.3. The number of nitrogens with zero attached hydrogens (tertiary/aromatic N) is 2. The third-order valence-corrected chi connectivity index (χ3v) is 5.32. The number of halogens is 3. The number of hydrogen-bond donors (Lipinski definition) is 3. The fourth-order valence-electron chi connectivity index (χ4n) is 3.12. The molecule has 0 saturated carbocycles. The van der Waals surface area contributed by atoms with E-state index in [-0.39, 0.29) is 17.2 Å². The Morgan fingerprint density at radius 2 is 1.94 bits per heavy atom. The number of carbonyl (C=O) groups excluding carboxylic acids is 1. The minimum absolute atomic E-state index is 0.0913. The van der Waals surface area contributed by atoms with Gasteiger partial charge in [-0.15, -0.1) is 0 Å². The number of aromatic carboxylic acids is 1. The standard InChI is InChI=1S/C23H25ClF2N4O4/c1-23(2,3)21(33)27-10-12-5-6-14(24)15(7-12)28-22-29-16-8-13(20(31)32)18(34-11-19(25)26)9-17(16)30(22)4/h5-9,19H,10-11H2,1-4H3,(H,27,33)(H,28,29)(H,31,32). The smallest absolute Gasteiger partial charge is 0.339 e. The second kappa shape index (κ2) is 9.84. The van der Waals surface area contributed by atoms with E-state index in [9.17, 15) is 23.5 Å². The molecule has 0 saturated heterocycles. The zero-order valence-electron chi connectivity index (χ0n) is 19.1. The molecule has 3 N–H and O–H groups in total. The minimum atomic E-state index is -2.75. The maximum Gasteiger partial charge on any atom is 0.339 e. The van der Waals surface area contributed by atoms with E-state index in [2.05, 4.69) is 15.6 Å². The van der Waals surface area contributed by atoms with E-state index in [0.717, 1.165) is 5.56 Å². The molecule has 1 amide bonds. The summed E-state index contributed by atoms with van der Waals surface area (Å²) in [5.74, 6) is -1.25. The Morgan fingerprint density at radius 3 is 2.56 bits per heavy atom. The maximum atomic E-state index is 12.6. The van der Waals surface area contributed by atoms with Crippen LogP contribution in [-0.2, 0) is 18.4 Å². The van der Waals surface area contributed by atoms with Crippen molar-refractivity contribution in [1.29, 1.82) is 0 Å². The first-order chi connectivity index (χ1) is 15.9. The highest BCUT2D eigenvalue weighted by Crippen LogP contribution is 2.31. The molecule has 0 bridgehead atoms. The lowest BCUT2D eigenvalue weighted by Gasteiger charge is -2.18. The van der Waals surface area contributed by atoms with Crippen molar-refractivity contribution in [2.75, 3.05) is 11.9 Å². The van der Waals surface area contributed by atoms with Crippen LogP contribution >= 0.6 is 11.6 Å². The van der Waals surface area contributed by atoms with Gasteiger partial charge in [0.1, 0.15) is 17.9 Å². The van der Waals surface area contributed by atoms with Crippen molar-refractivity contribution in [3.05, 3.63) is 46.5 Å². The largest absolute Gasteiger partial charge is 0.487 e. The molecule has 182 valence electrons. The molecule has 0 atom stereocenters. The van der Waals surface area contributed by atoms with Crippen molar-refractivity contribution in [2.24, 2.45) is 12.5 Å². The van der Waals surface area contributed by atoms with Crippen molar-refractivity contribution in [1.82, 2.24) is 14.9 Å². The number of aryl methyl sites for hydroxylation is 1. The van der Waals surface area contributed by atoms with Gasteiger partial charge in [0.2, 0.25) is 11.9 Å². The number of amides is 1. The number of anilines is 2. The zero-order chi connectivity index (χ0) is 25.2. The van der Waals surface area contributed by atoms with Crippen molar-refractivity contribution in [2.45, 2.75) is 33.7 Å². The van der Waals surface area contributed by atoms with Crippen molar-refractivity contribution >= 4 is 46.1 Å². The predicted octanol–water partition coefficient (Wildman–Crippen LogP) is 4.97. The van der Waals surface area contributed by atoms with Gasteiger partial charge in [-0.25, -0.2) is 18.6 Å². The monoisotopic (exact) mass is 494 g/mol. The van der Waals surface area contributed by atoms with Gasteiger partial charge in [0, 0.05) is 25.1 Å². The molecule has 0 aliphatic heterocycles. The van der Waals surface area contributed by atoms with Crippen LogP contribution in [0.1, 0.15) is 36.7 Å². The first-order valence-corrected chi connectivity index (χ1v) is 10.7. The Kier molecular flexibility index (Phi) is 7.30. The van der Waals surface area contributed by atoms with Crippen molar-refractivity contribution in [3.63, 3.8) is 0 Å². The van der Waals surface area contributed by atoms with Gasteiger partial charge in [0.05, 0.1) is 21.7 Å². The molecule has 0 fully saturated rings. The van der Waals surface area contributed by atoms with Gasteiger partial charge in [-0.2, -0.15) is 0 Å². The average Bonchev–Trinajstić information content (AvgIpc) is 3.05. The highest BCUT2D eigenvalue weighted by molar-refractivity contribution is 6.33. The fourth-order valence-corrected chi connectivity index (χ4v) is 3.28. The Labute approximate surface area is 199 Å². The third kappa shape index (κ3) is 5.74. The number of carbonyl (C=O) groups is 2. The minimum Gasteiger partial charge on any atom is -0.487 e. The number of fused-ring (bicyclic) bond motifs is 1. The molecule has 3 rings (SSSR count). The molecule has 0 aliphatic carbocycles. The molecule has 8 nitrogen and oxygen atoms in total. The van der Waals surface area contributed by atoms with E-state index in [1.54, 1.807) is 29.8 Å². The van der Waals surface area contributed by atoms with E-state index in [0.29, 0.717) is 34.2 Å². The summed E-state index contributed by atoms with van der Waals surface area (Å²) in [6.45, 7) is 4.84. The summed E-state index contributed by atoms with van der Waals surface area (Å²) in [7, 11) is 1.68. The normalized spacial score (nSPS) is 11.6. The highest BCUT2D eigenvalue weighted by atomic mass is 35.5. The Hall–Kier alpha value is -3.40. The predicted molar refractivity (Wildman–Crippen MR) is 125 cm³/mol. The molecule has 0 spiro atoms. The van der Waals surface area contributed by atoms with Crippen molar-refractivity contribution < 1.29 is 28.2 Å². The quantitative estimate of drug-likeness (QED) is 0.408. The molecule has 0 unspecified atom stereocenters. The molecule has 1 heterocycles. The molecule has 34 heavy (non-hydrogen) atoms. The SMILES string of the molecule is Cn1c(Nc2cc(CNC(=O)C(C)(C)C)ccc2Cl)nc2cc(C(=O)O)c(OCC(F)F)cc21. The lowest BCUT2D eigenvalue weighted by Crippen LogP contribution is -2.34. The van der Waals surface area contributed by atoms with Crippen LogP contribution in [-0.4, -0.2) is 39.6 Å². The summed E-state index contributed by atoms with van der Waals surface area (Å²) in [5.41, 5.74) is 1.34. The lowest BCUT2D eigenvalue weighted by atomic mass is 9.95. The zero-order valence-corrected chi connectivity index (χ0v) is 19.8. The molecule has 0 aliphatic rings. The van der Waals surface area contributed by atoms with E-state index in [1.807, 2.05) is 20.8 Å². The van der Waals surface area contributed by atoms with Gasteiger partial charge in [0.15, 0.2) is 0 Å². The molecule has 2 aromatic carbocycles. The molecule has 3 aromatic rings. The molecule has 0 radical (unpaired) electrons. The Balaban J connectivity index is 1.90. The van der Waals surface area contributed by atoms with Gasteiger partial charge in [0.25, 0.3) is 6.43 Å². The fraction of sp³-hybridized carbons (Fsp3) is 0.348. The van der Waals surface area contributed by atoms with E-state index in [1.165, 1.54) is 12.1 Å². The van der Waals surface area contributed by atoms with Crippen LogP contribution in [0.3, 0.4) is 0 Å². The maximum absolute atomic E-state index is 12.6. The molecular formula is C23H25ClF2N4O4. The number of carboxylic acid groups (broad SMARTS) is 1. The Bertz CT molecular complexity index is 1240. The van der Waals surface area contributed by atoms with Crippen LogP contribution < -0.4 is 15.4 Å². The number of aromatic nitrogens is 2. The number of benzene rings is 2. The summed E-state index contributed by atoms with van der Waals surface area (Å²) >= 11 is 6.34. The Morgan fingerprint density at radius 1 is 1.24 bits per heavy atom. The van der Waals surface area contributed by atoms with Crippen LogP contribution in [0.2, 0.25) is 5.02 Å². The number of nitrogens with one attached hydrogen (secondary N) is 2. The summed E-state index contributed by atoms with van der Waals surface area (Å²) in [5, 5.41) is 15.8. The van der Waals surface area contributed by atoms with Crippen molar-refractivity contribution in [3.8, 4) is 5.75 Å². The van der Waals surface area contributed by atoms with Gasteiger partial charge >= 0.3 is 5.97 Å². The third-order valence-electron chi connectivity index (χ3n) is 4.99. The number of rotatable bonds is 8. The first kappa shape index (κ1) is 25.2. The summed E-state index contributed by atoms with van der Waals surface area (Å²) in [6, 6.07) is 7.87.